The zero-order valence-corrected chi connectivity index (χ0v) is 10.9. The molecule has 106 valence electrons. The van der Waals surface area contributed by atoms with E-state index in [9.17, 15) is 14.7 Å². The van der Waals surface area contributed by atoms with Crippen molar-refractivity contribution in [1.82, 2.24) is 5.32 Å². The predicted molar refractivity (Wildman–Crippen MR) is 68.2 cm³/mol. The molecule has 18 heavy (non-hydrogen) atoms. The summed E-state index contributed by atoms with van der Waals surface area (Å²) in [6, 6.07) is -1.23. The van der Waals surface area contributed by atoms with E-state index in [0.29, 0.717) is 6.42 Å². The molecular formula is C11H24N4O3. The first-order chi connectivity index (χ1) is 8.27. The zero-order chi connectivity index (χ0) is 14.3. The third-order valence-corrected chi connectivity index (χ3v) is 2.50. The van der Waals surface area contributed by atoms with E-state index in [0.717, 1.165) is 0 Å². The number of amides is 2. The van der Waals surface area contributed by atoms with Crippen molar-refractivity contribution < 1.29 is 14.7 Å². The quantitative estimate of drug-likeness (QED) is 0.344. The predicted octanol–water partition coefficient (Wildman–Crippen LogP) is -1.96. The van der Waals surface area contributed by atoms with E-state index in [1.165, 1.54) is 0 Å². The SMILES string of the molecule is CC(C)C[C@H](NC(=O)[C@@H](O)C[C@H](N)CN)C(N)=O. The van der Waals surface area contributed by atoms with Gasteiger partial charge in [-0.05, 0) is 18.8 Å². The standard InChI is InChI=1S/C11H24N4O3/c1-6(2)3-8(10(14)17)15-11(18)9(16)4-7(13)5-12/h6-9,16H,3-5,12-13H2,1-2H3,(H2,14,17)(H,15,18)/t7-,8-,9-/m0/s1. The smallest absolute Gasteiger partial charge is 0.249 e. The van der Waals surface area contributed by atoms with Crippen LogP contribution in [0.25, 0.3) is 0 Å². The van der Waals surface area contributed by atoms with E-state index < -0.39 is 30.0 Å². The number of nitrogens with two attached hydrogens (primary N) is 3. The second-order valence-electron chi connectivity index (χ2n) is 4.84. The lowest BCUT2D eigenvalue weighted by Gasteiger charge is -2.20. The fraction of sp³-hybridized carbons (Fsp3) is 0.818. The summed E-state index contributed by atoms with van der Waals surface area (Å²) >= 11 is 0. The maximum absolute atomic E-state index is 11.6. The molecule has 0 aromatic rings. The third-order valence-electron chi connectivity index (χ3n) is 2.50. The van der Waals surface area contributed by atoms with Crippen molar-refractivity contribution in [3.05, 3.63) is 0 Å². The first-order valence-electron chi connectivity index (χ1n) is 6.01. The van der Waals surface area contributed by atoms with Gasteiger partial charge in [0.25, 0.3) is 0 Å². The maximum Gasteiger partial charge on any atom is 0.249 e. The molecule has 0 radical (unpaired) electrons. The first-order valence-corrected chi connectivity index (χ1v) is 6.01. The molecule has 0 rings (SSSR count). The highest BCUT2D eigenvalue weighted by molar-refractivity contribution is 5.88. The number of rotatable bonds is 8. The molecule has 0 aliphatic rings. The Bertz CT molecular complexity index is 283. The summed E-state index contributed by atoms with van der Waals surface area (Å²) in [7, 11) is 0. The lowest BCUT2D eigenvalue weighted by Crippen LogP contribution is -2.50. The van der Waals surface area contributed by atoms with Gasteiger partial charge in [-0.3, -0.25) is 9.59 Å². The molecule has 0 aliphatic heterocycles. The van der Waals surface area contributed by atoms with Crippen LogP contribution in [0, 0.1) is 5.92 Å². The monoisotopic (exact) mass is 260 g/mol. The Morgan fingerprint density at radius 1 is 1.28 bits per heavy atom. The molecule has 0 saturated carbocycles. The summed E-state index contributed by atoms with van der Waals surface area (Å²) in [5, 5.41) is 12.0. The van der Waals surface area contributed by atoms with Gasteiger partial charge in [-0.25, -0.2) is 0 Å². The molecule has 0 saturated heterocycles. The molecule has 0 heterocycles. The van der Waals surface area contributed by atoms with Crippen LogP contribution in [0.5, 0.6) is 0 Å². The number of aliphatic hydroxyl groups is 1. The van der Waals surface area contributed by atoms with E-state index >= 15 is 0 Å². The highest BCUT2D eigenvalue weighted by Gasteiger charge is 2.24. The number of carbonyl (C=O) groups is 2. The highest BCUT2D eigenvalue weighted by atomic mass is 16.3. The Balaban J connectivity index is 4.36. The van der Waals surface area contributed by atoms with Gasteiger partial charge in [0.2, 0.25) is 11.8 Å². The van der Waals surface area contributed by atoms with Gasteiger partial charge in [0.15, 0.2) is 0 Å². The lowest BCUT2D eigenvalue weighted by molar-refractivity contribution is -0.133. The van der Waals surface area contributed by atoms with E-state index in [-0.39, 0.29) is 18.9 Å². The minimum atomic E-state index is -1.28. The van der Waals surface area contributed by atoms with Crippen LogP contribution in [0.2, 0.25) is 0 Å². The molecular weight excluding hydrogens is 236 g/mol. The van der Waals surface area contributed by atoms with Crippen LogP contribution in [0.3, 0.4) is 0 Å². The number of hydrogen-bond acceptors (Lipinski definition) is 5. The van der Waals surface area contributed by atoms with Crippen molar-refractivity contribution >= 4 is 11.8 Å². The highest BCUT2D eigenvalue weighted by Crippen LogP contribution is 2.05. The second-order valence-corrected chi connectivity index (χ2v) is 4.84. The Hall–Kier alpha value is -1.18. The number of aliphatic hydroxyl groups excluding tert-OH is 1. The largest absolute Gasteiger partial charge is 0.383 e. The van der Waals surface area contributed by atoms with Crippen LogP contribution >= 0.6 is 0 Å². The second kappa shape index (κ2) is 8.02. The van der Waals surface area contributed by atoms with Gasteiger partial charge < -0.3 is 27.6 Å². The number of carbonyl (C=O) groups excluding carboxylic acids is 2. The average molecular weight is 260 g/mol. The fourth-order valence-corrected chi connectivity index (χ4v) is 1.48. The van der Waals surface area contributed by atoms with E-state index in [1.807, 2.05) is 13.8 Å². The van der Waals surface area contributed by atoms with Crippen molar-refractivity contribution in [3.63, 3.8) is 0 Å². The molecule has 3 atom stereocenters. The van der Waals surface area contributed by atoms with Crippen LogP contribution < -0.4 is 22.5 Å². The van der Waals surface area contributed by atoms with Gasteiger partial charge in [0.1, 0.15) is 12.1 Å². The van der Waals surface area contributed by atoms with Crippen LogP contribution in [0.1, 0.15) is 26.7 Å². The molecule has 7 heteroatoms. The van der Waals surface area contributed by atoms with Gasteiger partial charge >= 0.3 is 0 Å². The molecule has 8 N–H and O–H groups in total. The summed E-state index contributed by atoms with van der Waals surface area (Å²) in [4.78, 5) is 22.8. The summed E-state index contributed by atoms with van der Waals surface area (Å²) in [6.45, 7) is 3.99. The fourth-order valence-electron chi connectivity index (χ4n) is 1.48. The topological polar surface area (TPSA) is 144 Å². The van der Waals surface area contributed by atoms with Crippen molar-refractivity contribution in [1.29, 1.82) is 0 Å². The molecule has 0 aromatic heterocycles. The minimum Gasteiger partial charge on any atom is -0.383 e. The van der Waals surface area contributed by atoms with Gasteiger partial charge in [-0.1, -0.05) is 13.8 Å². The Labute approximate surface area is 107 Å². The molecule has 0 aromatic carbocycles. The molecule has 2 amide bonds. The Morgan fingerprint density at radius 3 is 2.22 bits per heavy atom. The van der Waals surface area contributed by atoms with Crippen molar-refractivity contribution in [2.45, 2.75) is 44.9 Å². The summed E-state index contributed by atoms with van der Waals surface area (Å²) in [5.74, 6) is -1.07. The molecule has 0 spiro atoms. The normalized spacial score (nSPS) is 16.1. The first kappa shape index (κ1) is 16.8. The van der Waals surface area contributed by atoms with Crippen LogP contribution in [0.4, 0.5) is 0 Å². The van der Waals surface area contributed by atoms with Crippen molar-refractivity contribution in [2.24, 2.45) is 23.1 Å². The Kier molecular flexibility index (Phi) is 7.49. The van der Waals surface area contributed by atoms with E-state index in [1.54, 1.807) is 0 Å². The van der Waals surface area contributed by atoms with E-state index in [4.69, 9.17) is 17.2 Å². The molecule has 7 nitrogen and oxygen atoms in total. The van der Waals surface area contributed by atoms with Crippen LogP contribution in [-0.2, 0) is 9.59 Å². The van der Waals surface area contributed by atoms with Crippen molar-refractivity contribution in [2.75, 3.05) is 6.54 Å². The van der Waals surface area contributed by atoms with Gasteiger partial charge in [0, 0.05) is 12.6 Å². The van der Waals surface area contributed by atoms with Crippen LogP contribution in [0.15, 0.2) is 0 Å². The average Bonchev–Trinajstić information content (AvgIpc) is 2.26. The van der Waals surface area contributed by atoms with Crippen LogP contribution in [-0.4, -0.2) is 41.7 Å². The van der Waals surface area contributed by atoms with Crippen molar-refractivity contribution in [3.8, 4) is 0 Å². The van der Waals surface area contributed by atoms with Gasteiger partial charge in [0.05, 0.1) is 0 Å². The summed E-state index contributed by atoms with van der Waals surface area (Å²) in [6.07, 6.45) is -0.802. The zero-order valence-electron chi connectivity index (χ0n) is 10.9. The summed E-state index contributed by atoms with van der Waals surface area (Å²) in [5.41, 5.74) is 16.0. The molecule has 0 unspecified atom stereocenters. The maximum atomic E-state index is 11.6. The number of primary amides is 1. The number of nitrogens with one attached hydrogen (secondary N) is 1. The lowest BCUT2D eigenvalue weighted by atomic mass is 10.0. The summed E-state index contributed by atoms with van der Waals surface area (Å²) < 4.78 is 0. The third kappa shape index (κ3) is 6.53. The molecule has 0 aliphatic carbocycles. The van der Waals surface area contributed by atoms with Gasteiger partial charge in [-0.15, -0.1) is 0 Å². The minimum absolute atomic E-state index is 0.0511. The number of hydrogen-bond donors (Lipinski definition) is 5. The molecule has 0 fully saturated rings. The van der Waals surface area contributed by atoms with E-state index in [2.05, 4.69) is 5.32 Å². The Morgan fingerprint density at radius 2 is 1.83 bits per heavy atom. The molecule has 0 bridgehead atoms. The van der Waals surface area contributed by atoms with Gasteiger partial charge in [-0.2, -0.15) is 0 Å².